The van der Waals surface area contributed by atoms with Crippen LogP contribution in [0.15, 0.2) is 81.3 Å². The third kappa shape index (κ3) is 6.63. The van der Waals surface area contributed by atoms with Gasteiger partial charge in [0.15, 0.2) is 5.16 Å². The maximum atomic E-state index is 13.2. The number of amides is 2. The number of nitrogens with one attached hydrogen (secondary N) is 2. The third-order valence-corrected chi connectivity index (χ3v) is 6.61. The largest absolute Gasteiger partial charge is 0.467 e. The van der Waals surface area contributed by atoms with E-state index in [4.69, 9.17) is 4.42 Å². The van der Waals surface area contributed by atoms with E-state index >= 15 is 0 Å². The molecule has 0 unspecified atom stereocenters. The summed E-state index contributed by atoms with van der Waals surface area (Å²) >= 11 is 1.21. The summed E-state index contributed by atoms with van der Waals surface area (Å²) in [5.41, 5.74) is 2.31. The van der Waals surface area contributed by atoms with Crippen molar-refractivity contribution < 1.29 is 14.0 Å². The first kappa shape index (κ1) is 25.2. The number of aromatic nitrogens is 2. The quantitative estimate of drug-likeness (QED) is 0.232. The highest BCUT2D eigenvalue weighted by molar-refractivity contribution is 7.99. The van der Waals surface area contributed by atoms with Crippen molar-refractivity contribution in [3.8, 4) is 0 Å². The van der Waals surface area contributed by atoms with Crippen LogP contribution in [0, 0.1) is 0 Å². The average Bonchev–Trinajstić information content (AvgIpc) is 3.42. The number of para-hydroxylation sites is 1. The zero-order chi connectivity index (χ0) is 25.3. The number of rotatable bonds is 11. The molecule has 0 bridgehead atoms. The highest BCUT2D eigenvalue weighted by atomic mass is 32.2. The number of carbonyl (C=O) groups is 2. The molecule has 186 valence electrons. The van der Waals surface area contributed by atoms with Crippen molar-refractivity contribution in [2.75, 3.05) is 11.1 Å². The van der Waals surface area contributed by atoms with Crippen molar-refractivity contribution in [1.82, 2.24) is 14.9 Å². The van der Waals surface area contributed by atoms with E-state index in [0.29, 0.717) is 41.3 Å². The van der Waals surface area contributed by atoms with Gasteiger partial charge < -0.3 is 15.1 Å². The fourth-order valence-corrected chi connectivity index (χ4v) is 4.52. The molecule has 0 aliphatic rings. The molecule has 2 N–H and O–H groups in total. The first-order valence-corrected chi connectivity index (χ1v) is 12.8. The van der Waals surface area contributed by atoms with Crippen molar-refractivity contribution in [1.29, 1.82) is 0 Å². The van der Waals surface area contributed by atoms with Crippen molar-refractivity contribution in [3.05, 3.63) is 88.6 Å². The molecule has 9 heteroatoms. The van der Waals surface area contributed by atoms with E-state index in [2.05, 4.69) is 22.5 Å². The molecule has 0 spiro atoms. The Balaban J connectivity index is 1.41. The molecule has 4 aromatic rings. The maximum Gasteiger partial charge on any atom is 0.262 e. The molecule has 2 aromatic heterocycles. The van der Waals surface area contributed by atoms with Crippen LogP contribution >= 0.6 is 11.8 Å². The number of nitrogens with zero attached hydrogens (tertiary/aromatic N) is 2. The Labute approximate surface area is 213 Å². The van der Waals surface area contributed by atoms with Crippen molar-refractivity contribution in [2.24, 2.45) is 0 Å². The zero-order valence-electron chi connectivity index (χ0n) is 20.0. The molecule has 4 rings (SSSR count). The van der Waals surface area contributed by atoms with E-state index in [9.17, 15) is 14.4 Å². The number of furan rings is 1. The standard InChI is InChI=1S/C27H28N4O4S/c1-2-19-11-13-20(14-12-19)29-25(33)18-36-27-30-23-9-4-3-8-22(23)26(34)31(27)15-5-10-24(32)28-17-21-7-6-16-35-21/h3-4,6-9,11-14,16H,2,5,10,15,17-18H2,1H3,(H,28,32)(H,29,33). The van der Waals surface area contributed by atoms with Crippen LogP contribution in [0.25, 0.3) is 10.9 Å². The molecule has 0 saturated carbocycles. The van der Waals surface area contributed by atoms with Crippen LogP contribution in [-0.4, -0.2) is 27.1 Å². The lowest BCUT2D eigenvalue weighted by atomic mass is 10.1. The normalized spacial score (nSPS) is 10.9. The monoisotopic (exact) mass is 504 g/mol. The Morgan fingerprint density at radius 2 is 1.83 bits per heavy atom. The minimum atomic E-state index is -0.186. The number of thioether (sulfide) groups is 1. The molecule has 2 amide bonds. The Bertz CT molecular complexity index is 1380. The van der Waals surface area contributed by atoms with Gasteiger partial charge in [0.25, 0.3) is 5.56 Å². The molecule has 8 nitrogen and oxygen atoms in total. The van der Waals surface area contributed by atoms with Crippen LogP contribution in [0.3, 0.4) is 0 Å². The number of hydrogen-bond acceptors (Lipinski definition) is 6. The lowest BCUT2D eigenvalue weighted by Crippen LogP contribution is -2.26. The topological polar surface area (TPSA) is 106 Å². The second kappa shape index (κ2) is 12.2. The van der Waals surface area contributed by atoms with Gasteiger partial charge in [-0.05, 0) is 54.8 Å². The van der Waals surface area contributed by atoms with Crippen LogP contribution in [0.5, 0.6) is 0 Å². The van der Waals surface area contributed by atoms with Crippen LogP contribution in [0.2, 0.25) is 0 Å². The van der Waals surface area contributed by atoms with Gasteiger partial charge in [0.2, 0.25) is 11.8 Å². The molecule has 2 aromatic carbocycles. The summed E-state index contributed by atoms with van der Waals surface area (Å²) < 4.78 is 6.77. The number of benzene rings is 2. The average molecular weight is 505 g/mol. The minimum absolute atomic E-state index is 0.101. The lowest BCUT2D eigenvalue weighted by molar-refractivity contribution is -0.121. The predicted molar refractivity (Wildman–Crippen MR) is 141 cm³/mol. The number of anilines is 1. The Morgan fingerprint density at radius 1 is 1.03 bits per heavy atom. The van der Waals surface area contributed by atoms with E-state index in [1.165, 1.54) is 17.3 Å². The van der Waals surface area contributed by atoms with Gasteiger partial charge in [-0.1, -0.05) is 43.0 Å². The summed E-state index contributed by atoms with van der Waals surface area (Å²) in [5, 5.41) is 6.64. The second-order valence-corrected chi connectivity index (χ2v) is 9.16. The number of carbonyl (C=O) groups excluding carboxylic acids is 2. The fourth-order valence-electron chi connectivity index (χ4n) is 3.69. The van der Waals surface area contributed by atoms with E-state index in [-0.39, 0.29) is 29.5 Å². The predicted octanol–water partition coefficient (Wildman–Crippen LogP) is 4.38. The Hall–Kier alpha value is -3.85. The maximum absolute atomic E-state index is 13.2. The number of aryl methyl sites for hydroxylation is 1. The van der Waals surface area contributed by atoms with Crippen LogP contribution in [-0.2, 0) is 29.1 Å². The van der Waals surface area contributed by atoms with Crippen molar-refractivity contribution >= 4 is 40.2 Å². The SMILES string of the molecule is CCc1ccc(NC(=O)CSc2nc3ccccc3c(=O)n2CCCC(=O)NCc2ccco2)cc1. The molecule has 0 saturated heterocycles. The lowest BCUT2D eigenvalue weighted by Gasteiger charge is -2.13. The summed E-state index contributed by atoms with van der Waals surface area (Å²) in [7, 11) is 0. The van der Waals surface area contributed by atoms with E-state index in [0.717, 1.165) is 12.1 Å². The Morgan fingerprint density at radius 3 is 2.58 bits per heavy atom. The fraction of sp³-hybridized carbons (Fsp3) is 0.259. The van der Waals surface area contributed by atoms with Gasteiger partial charge in [-0.25, -0.2) is 4.98 Å². The highest BCUT2D eigenvalue weighted by Crippen LogP contribution is 2.19. The first-order valence-electron chi connectivity index (χ1n) is 11.8. The zero-order valence-corrected chi connectivity index (χ0v) is 20.8. The summed E-state index contributed by atoms with van der Waals surface area (Å²) in [6, 6.07) is 18.4. The molecule has 0 atom stereocenters. The summed E-state index contributed by atoms with van der Waals surface area (Å²) in [6.07, 6.45) is 3.19. The summed E-state index contributed by atoms with van der Waals surface area (Å²) in [6.45, 7) is 2.71. The third-order valence-electron chi connectivity index (χ3n) is 5.63. The highest BCUT2D eigenvalue weighted by Gasteiger charge is 2.14. The van der Waals surface area contributed by atoms with Gasteiger partial charge in [-0.15, -0.1) is 0 Å². The smallest absolute Gasteiger partial charge is 0.262 e. The molecule has 0 aliphatic heterocycles. The number of fused-ring (bicyclic) bond motifs is 1. The van der Waals surface area contributed by atoms with Crippen LogP contribution < -0.4 is 16.2 Å². The van der Waals surface area contributed by atoms with Gasteiger partial charge in [-0.3, -0.25) is 19.0 Å². The van der Waals surface area contributed by atoms with Crippen LogP contribution in [0.1, 0.15) is 31.1 Å². The van der Waals surface area contributed by atoms with Gasteiger partial charge in [0, 0.05) is 18.7 Å². The molecule has 0 radical (unpaired) electrons. The Kier molecular flexibility index (Phi) is 8.57. The number of hydrogen-bond donors (Lipinski definition) is 2. The van der Waals surface area contributed by atoms with Crippen molar-refractivity contribution in [3.63, 3.8) is 0 Å². The summed E-state index contributed by atoms with van der Waals surface area (Å²) in [5.74, 6) is 0.465. The van der Waals surface area contributed by atoms with Gasteiger partial charge in [0.05, 0.1) is 29.5 Å². The van der Waals surface area contributed by atoms with Gasteiger partial charge >= 0.3 is 0 Å². The van der Waals surface area contributed by atoms with Gasteiger partial charge in [-0.2, -0.15) is 0 Å². The minimum Gasteiger partial charge on any atom is -0.467 e. The molecular weight excluding hydrogens is 476 g/mol. The molecule has 0 fully saturated rings. The molecule has 36 heavy (non-hydrogen) atoms. The first-order chi connectivity index (χ1) is 17.5. The van der Waals surface area contributed by atoms with Gasteiger partial charge in [0.1, 0.15) is 5.76 Å². The van der Waals surface area contributed by atoms with Crippen LogP contribution in [0.4, 0.5) is 5.69 Å². The second-order valence-electron chi connectivity index (χ2n) is 8.22. The van der Waals surface area contributed by atoms with E-state index in [1.54, 1.807) is 41.2 Å². The van der Waals surface area contributed by atoms with Crippen molar-refractivity contribution in [2.45, 2.75) is 44.4 Å². The molecule has 0 aliphatic carbocycles. The van der Waals surface area contributed by atoms with E-state index in [1.807, 2.05) is 30.3 Å². The summed E-state index contributed by atoms with van der Waals surface area (Å²) in [4.78, 5) is 42.6. The molecule has 2 heterocycles. The molecular formula is C27H28N4O4S. The van der Waals surface area contributed by atoms with E-state index < -0.39 is 0 Å².